The van der Waals surface area contributed by atoms with E-state index in [0.717, 1.165) is 11.1 Å². The van der Waals surface area contributed by atoms with Crippen molar-refractivity contribution in [3.8, 4) is 0 Å². The van der Waals surface area contributed by atoms with E-state index < -0.39 is 27.7 Å². The molecule has 186 valence electrons. The number of rotatable bonds is 7. The fraction of sp³-hybridized carbons (Fsp3) is 0.200. The van der Waals surface area contributed by atoms with Crippen LogP contribution >= 0.6 is 11.6 Å². The van der Waals surface area contributed by atoms with Crippen LogP contribution in [0.3, 0.4) is 0 Å². The highest BCUT2D eigenvalue weighted by atomic mass is 35.5. The second-order valence-corrected chi connectivity index (χ2v) is 10.8. The van der Waals surface area contributed by atoms with Crippen molar-refractivity contribution in [2.24, 2.45) is 0 Å². The molecule has 2 amide bonds. The van der Waals surface area contributed by atoms with Gasteiger partial charge in [0.1, 0.15) is 23.0 Å². The van der Waals surface area contributed by atoms with Crippen LogP contribution in [0.5, 0.6) is 0 Å². The zero-order valence-electron chi connectivity index (χ0n) is 19.8. The first kappa shape index (κ1) is 25.3. The molecule has 0 unspecified atom stereocenters. The number of H-pyrrole nitrogens is 1. The summed E-state index contributed by atoms with van der Waals surface area (Å²) in [4.78, 5) is 36.5. The maximum atomic E-state index is 13.8. The van der Waals surface area contributed by atoms with Crippen LogP contribution in [0, 0.1) is 13.8 Å². The summed E-state index contributed by atoms with van der Waals surface area (Å²) < 4.78 is 27.6. The van der Waals surface area contributed by atoms with Crippen molar-refractivity contribution in [2.75, 3.05) is 0 Å². The van der Waals surface area contributed by atoms with Crippen LogP contribution < -0.4 is 10.6 Å². The van der Waals surface area contributed by atoms with Gasteiger partial charge in [0, 0.05) is 22.1 Å². The Hall–Kier alpha value is -3.76. The second kappa shape index (κ2) is 10.1. The lowest BCUT2D eigenvalue weighted by Crippen LogP contribution is -2.45. The summed E-state index contributed by atoms with van der Waals surface area (Å²) in [5.74, 6) is -1.20. The third-order valence-electron chi connectivity index (χ3n) is 5.54. The molecule has 11 heteroatoms. The summed E-state index contributed by atoms with van der Waals surface area (Å²) in [5.41, 5.74) is 2.39. The average molecular weight is 526 g/mol. The van der Waals surface area contributed by atoms with Crippen LogP contribution in [0.4, 0.5) is 0 Å². The number of halogens is 1. The molecular weight excluding hydrogens is 502 g/mol. The quantitative estimate of drug-likeness (QED) is 0.338. The Kier molecular flexibility index (Phi) is 7.09. The maximum Gasteiger partial charge on any atom is 0.269 e. The Balaban J connectivity index is 1.68. The van der Waals surface area contributed by atoms with Crippen LogP contribution in [-0.2, 0) is 21.2 Å². The molecular formula is C25H24ClN5O4S. The summed E-state index contributed by atoms with van der Waals surface area (Å²) in [6.07, 6.45) is 2.92. The van der Waals surface area contributed by atoms with E-state index in [1.807, 2.05) is 6.07 Å². The van der Waals surface area contributed by atoms with Crippen molar-refractivity contribution in [2.45, 2.75) is 43.1 Å². The van der Waals surface area contributed by atoms with Crippen LogP contribution in [0.15, 0.2) is 64.8 Å². The highest BCUT2D eigenvalue weighted by Gasteiger charge is 2.31. The Morgan fingerprint density at radius 1 is 1.08 bits per heavy atom. The molecule has 0 saturated heterocycles. The van der Waals surface area contributed by atoms with E-state index in [9.17, 15) is 18.0 Å². The van der Waals surface area contributed by atoms with Gasteiger partial charge in [0.15, 0.2) is 0 Å². The number of fused-ring (bicyclic) bond motifs is 1. The number of hydrogen-bond acceptors (Lipinski definition) is 6. The number of aromatic amines is 1. The van der Waals surface area contributed by atoms with Crippen molar-refractivity contribution >= 4 is 44.2 Å². The van der Waals surface area contributed by atoms with E-state index in [2.05, 4.69) is 25.6 Å². The predicted molar refractivity (Wildman–Crippen MR) is 135 cm³/mol. The highest BCUT2D eigenvalue weighted by molar-refractivity contribution is 7.91. The van der Waals surface area contributed by atoms with E-state index in [-0.39, 0.29) is 27.4 Å². The summed E-state index contributed by atoms with van der Waals surface area (Å²) >= 11 is 6.17. The number of nitrogens with one attached hydrogen (secondary N) is 3. The van der Waals surface area contributed by atoms with E-state index in [0.29, 0.717) is 16.2 Å². The van der Waals surface area contributed by atoms with Gasteiger partial charge in [-0.1, -0.05) is 17.7 Å². The number of aryl methyl sites for hydroxylation is 2. The van der Waals surface area contributed by atoms with Gasteiger partial charge in [-0.3, -0.25) is 9.59 Å². The predicted octanol–water partition coefficient (Wildman–Crippen LogP) is 3.50. The Morgan fingerprint density at radius 2 is 1.81 bits per heavy atom. The molecule has 36 heavy (non-hydrogen) atoms. The molecule has 2 aromatic heterocycles. The monoisotopic (exact) mass is 525 g/mol. The molecule has 0 aliphatic carbocycles. The number of aromatic nitrogens is 3. The Bertz CT molecular complexity index is 1550. The molecule has 9 nitrogen and oxygen atoms in total. The number of nitrogens with zero attached hydrogens (tertiary/aromatic N) is 2. The zero-order chi connectivity index (χ0) is 26.0. The lowest BCUT2D eigenvalue weighted by molar-refractivity contribution is -0.122. The van der Waals surface area contributed by atoms with Gasteiger partial charge in [0.25, 0.3) is 5.91 Å². The Morgan fingerprint density at radius 3 is 2.47 bits per heavy atom. The van der Waals surface area contributed by atoms with Crippen molar-refractivity contribution in [3.63, 3.8) is 0 Å². The van der Waals surface area contributed by atoms with Crippen molar-refractivity contribution in [3.05, 3.63) is 82.5 Å². The molecule has 0 aliphatic rings. The largest absolute Gasteiger partial charge is 0.349 e. The minimum Gasteiger partial charge on any atom is -0.349 e. The highest BCUT2D eigenvalue weighted by Crippen LogP contribution is 2.34. The molecule has 0 radical (unpaired) electrons. The summed E-state index contributed by atoms with van der Waals surface area (Å²) in [6.45, 7) is 5.25. The lowest BCUT2D eigenvalue weighted by Gasteiger charge is -2.14. The summed E-state index contributed by atoms with van der Waals surface area (Å²) in [5, 5.41) is 5.87. The van der Waals surface area contributed by atoms with Gasteiger partial charge >= 0.3 is 0 Å². The van der Waals surface area contributed by atoms with Crippen molar-refractivity contribution < 1.29 is 18.0 Å². The summed E-state index contributed by atoms with van der Waals surface area (Å²) in [6, 6.07) is 10.4. The SMILES string of the molecule is Cc1cc(C)cc(S(=O)(=O)c2c(C(=O)N[C@H](C)C(=O)NCc3ccncn3)[nH]c3ccc(Cl)cc23)c1. The molecule has 3 N–H and O–H groups in total. The molecule has 0 fully saturated rings. The molecule has 4 aromatic rings. The van der Waals surface area contributed by atoms with Gasteiger partial charge in [-0.25, -0.2) is 18.4 Å². The first-order valence-corrected chi connectivity index (χ1v) is 12.9. The van der Waals surface area contributed by atoms with Crippen LogP contribution in [0.1, 0.15) is 34.2 Å². The van der Waals surface area contributed by atoms with Gasteiger partial charge in [-0.05, 0) is 68.3 Å². The Labute approximate surface area is 213 Å². The fourth-order valence-corrected chi connectivity index (χ4v) is 5.83. The number of sulfone groups is 1. The molecule has 2 aromatic carbocycles. The van der Waals surface area contributed by atoms with Crippen LogP contribution in [0.2, 0.25) is 5.02 Å². The third kappa shape index (κ3) is 5.24. The maximum absolute atomic E-state index is 13.8. The van der Waals surface area contributed by atoms with E-state index in [1.54, 1.807) is 50.4 Å². The minimum atomic E-state index is -4.13. The third-order valence-corrected chi connectivity index (χ3v) is 7.59. The molecule has 0 aliphatic heterocycles. The second-order valence-electron chi connectivity index (χ2n) is 8.46. The summed E-state index contributed by atoms with van der Waals surface area (Å²) in [7, 11) is -4.13. The number of carbonyl (C=O) groups is 2. The minimum absolute atomic E-state index is 0.0607. The van der Waals surface area contributed by atoms with Gasteiger partial charge in [-0.15, -0.1) is 0 Å². The molecule has 0 saturated carbocycles. The molecule has 0 spiro atoms. The average Bonchev–Trinajstić information content (AvgIpc) is 3.22. The molecule has 1 atom stereocenters. The lowest BCUT2D eigenvalue weighted by atomic mass is 10.2. The smallest absolute Gasteiger partial charge is 0.269 e. The fourth-order valence-electron chi connectivity index (χ4n) is 3.87. The van der Waals surface area contributed by atoms with E-state index in [4.69, 9.17) is 11.6 Å². The van der Waals surface area contributed by atoms with Crippen LogP contribution in [0.25, 0.3) is 10.9 Å². The molecule has 0 bridgehead atoms. The number of benzene rings is 2. The van der Waals surface area contributed by atoms with Crippen molar-refractivity contribution in [1.82, 2.24) is 25.6 Å². The number of amides is 2. The van der Waals surface area contributed by atoms with Crippen LogP contribution in [-0.4, -0.2) is 41.2 Å². The van der Waals surface area contributed by atoms with Gasteiger partial charge in [-0.2, -0.15) is 0 Å². The van der Waals surface area contributed by atoms with Crippen molar-refractivity contribution in [1.29, 1.82) is 0 Å². The molecule has 4 rings (SSSR count). The van der Waals surface area contributed by atoms with Gasteiger partial charge < -0.3 is 15.6 Å². The standard InChI is InChI=1S/C25H24ClN5O4S/c1-14-8-15(2)10-19(9-14)36(34,35)23-20-11-17(26)4-5-21(20)31-22(23)25(33)30-16(3)24(32)28-12-18-6-7-27-13-29-18/h4-11,13,16,31H,12H2,1-3H3,(H,28,32)(H,30,33)/t16-/m1/s1. The van der Waals surface area contributed by atoms with Gasteiger partial charge in [0.05, 0.1) is 17.1 Å². The number of hydrogen-bond donors (Lipinski definition) is 3. The molecule has 2 heterocycles. The number of carbonyl (C=O) groups excluding carboxylic acids is 2. The van der Waals surface area contributed by atoms with E-state index >= 15 is 0 Å². The zero-order valence-corrected chi connectivity index (χ0v) is 21.4. The normalized spacial score (nSPS) is 12.3. The van der Waals surface area contributed by atoms with Gasteiger partial charge in [0.2, 0.25) is 15.7 Å². The first-order chi connectivity index (χ1) is 17.1. The topological polar surface area (TPSA) is 134 Å². The first-order valence-electron chi connectivity index (χ1n) is 11.0. The van der Waals surface area contributed by atoms with E-state index in [1.165, 1.54) is 19.3 Å².